The minimum absolute atomic E-state index is 0.297. The topological polar surface area (TPSA) is 0 Å². The molecule has 0 aliphatic heterocycles. The van der Waals surface area contributed by atoms with E-state index in [4.69, 9.17) is 17.0 Å². The summed E-state index contributed by atoms with van der Waals surface area (Å²) < 4.78 is 2.89. The Balaban J connectivity index is 1.82. The van der Waals surface area contributed by atoms with Crippen molar-refractivity contribution >= 4 is 20.7 Å². The molecule has 25 heavy (non-hydrogen) atoms. The quantitative estimate of drug-likeness (QED) is 0.398. The van der Waals surface area contributed by atoms with Crippen LogP contribution in [0, 0.1) is 11.8 Å². The van der Waals surface area contributed by atoms with E-state index in [1.165, 1.54) is 38.5 Å². The van der Waals surface area contributed by atoms with E-state index in [9.17, 15) is 0 Å². The predicted molar refractivity (Wildman–Crippen MR) is 109 cm³/mol. The van der Waals surface area contributed by atoms with Gasteiger partial charge in [-0.05, 0) is 0 Å². The molecule has 0 spiro atoms. The number of hydrogen-bond acceptors (Lipinski definition) is 0. The van der Waals surface area contributed by atoms with Gasteiger partial charge < -0.3 is 0 Å². The van der Waals surface area contributed by atoms with Gasteiger partial charge in [-0.3, -0.25) is 0 Å². The zero-order valence-electron chi connectivity index (χ0n) is 15.7. The molecular formula is C22H30Cl2Zr. The van der Waals surface area contributed by atoms with Crippen LogP contribution in [0.3, 0.4) is 0 Å². The first-order valence-corrected chi connectivity index (χ1v) is 20.7. The van der Waals surface area contributed by atoms with E-state index in [1.807, 2.05) is 0 Å². The van der Waals surface area contributed by atoms with Gasteiger partial charge in [0.2, 0.25) is 0 Å². The van der Waals surface area contributed by atoms with Gasteiger partial charge in [0.05, 0.1) is 0 Å². The Morgan fingerprint density at radius 1 is 0.880 bits per heavy atom. The third-order valence-corrected chi connectivity index (χ3v) is 26.8. The predicted octanol–water partition coefficient (Wildman–Crippen LogP) is 7.76. The molecule has 4 rings (SSSR count). The van der Waals surface area contributed by atoms with Gasteiger partial charge in [0.25, 0.3) is 0 Å². The zero-order chi connectivity index (χ0) is 17.8. The molecule has 0 heterocycles. The van der Waals surface area contributed by atoms with E-state index in [-0.39, 0.29) is 0 Å². The van der Waals surface area contributed by atoms with Crippen molar-refractivity contribution < 1.29 is 15.9 Å². The second-order valence-electron chi connectivity index (χ2n) is 8.74. The van der Waals surface area contributed by atoms with Gasteiger partial charge >= 0.3 is 162 Å². The Bertz CT molecular complexity index is 729. The summed E-state index contributed by atoms with van der Waals surface area (Å²) in [7, 11) is 15.4. The van der Waals surface area contributed by atoms with Crippen LogP contribution in [-0.2, 0) is 15.9 Å². The zero-order valence-corrected chi connectivity index (χ0v) is 19.7. The van der Waals surface area contributed by atoms with E-state index >= 15 is 0 Å². The molecule has 0 radical (unpaired) electrons. The Labute approximate surface area is 160 Å². The average Bonchev–Trinajstić information content (AvgIpc) is 3.21. The standard InChI is InChI=1S/2C10H13.C2H4.2ClH.Zr/c2*1-8-4-2-5-9-6-3-7-10(8)9;1-2;;;/h2*3,6-8H,2,4-5H2,1H3;1H,2H3;2*1H;/q;;;;;+2/p-2. The second kappa shape index (κ2) is 6.43. The molecule has 0 nitrogen and oxygen atoms in total. The third kappa shape index (κ3) is 2.75. The first kappa shape index (κ1) is 18.6. The summed E-state index contributed by atoms with van der Waals surface area (Å²) >= 11 is -4.19. The number of allylic oxidation sites excluding steroid dienone is 8. The number of hydrogen-bond donors (Lipinski definition) is 0. The van der Waals surface area contributed by atoms with Gasteiger partial charge in [-0.2, -0.15) is 0 Å². The van der Waals surface area contributed by atoms with Crippen molar-refractivity contribution in [1.82, 2.24) is 0 Å². The average molecular weight is 457 g/mol. The van der Waals surface area contributed by atoms with Crippen molar-refractivity contribution in [1.29, 1.82) is 0 Å². The normalized spacial score (nSPS) is 35.3. The fourth-order valence-electron chi connectivity index (χ4n) is 5.86. The summed E-state index contributed by atoms with van der Waals surface area (Å²) in [5.74, 6) is 1.33. The van der Waals surface area contributed by atoms with E-state index in [0.717, 1.165) is 0 Å². The molecular weight excluding hydrogens is 426 g/mol. The molecule has 0 aromatic rings. The Morgan fingerprint density at radius 3 is 1.72 bits per heavy atom. The summed E-state index contributed by atoms with van der Waals surface area (Å²) in [4.78, 5) is 0. The van der Waals surface area contributed by atoms with Crippen molar-refractivity contribution in [3.63, 3.8) is 0 Å². The third-order valence-electron chi connectivity index (χ3n) is 7.40. The van der Waals surface area contributed by atoms with Gasteiger partial charge in [-0.25, -0.2) is 0 Å². The SMILES string of the molecule is C[CH]=[Zr]([Cl])([Cl])([CH]1C=CC2=C1CCCC2C)[CH]1C=CC2=C1CCCC2C. The fourth-order valence-corrected chi connectivity index (χ4v) is 20.5. The monoisotopic (exact) mass is 454 g/mol. The van der Waals surface area contributed by atoms with Crippen molar-refractivity contribution in [2.45, 2.75) is 66.5 Å². The molecule has 0 N–H and O–H groups in total. The molecule has 0 aromatic heterocycles. The Morgan fingerprint density at radius 2 is 1.32 bits per heavy atom. The van der Waals surface area contributed by atoms with Gasteiger partial charge in [0, 0.05) is 0 Å². The van der Waals surface area contributed by atoms with Crippen LogP contribution in [-0.4, -0.2) is 3.71 Å². The van der Waals surface area contributed by atoms with E-state index in [0.29, 0.717) is 19.1 Å². The molecule has 0 aromatic carbocycles. The van der Waals surface area contributed by atoms with Crippen molar-refractivity contribution in [2.24, 2.45) is 11.8 Å². The summed E-state index contributed by atoms with van der Waals surface area (Å²) in [5.41, 5.74) is 6.26. The molecule has 0 bridgehead atoms. The van der Waals surface area contributed by atoms with Gasteiger partial charge in [-0.1, -0.05) is 0 Å². The molecule has 0 saturated heterocycles. The van der Waals surface area contributed by atoms with Gasteiger partial charge in [0.15, 0.2) is 0 Å². The van der Waals surface area contributed by atoms with E-state index in [2.05, 4.69) is 48.8 Å². The molecule has 4 aliphatic carbocycles. The van der Waals surface area contributed by atoms with Crippen molar-refractivity contribution in [3.8, 4) is 0 Å². The summed E-state index contributed by atoms with van der Waals surface area (Å²) in [6.07, 6.45) is 17.0. The fraction of sp³-hybridized carbons (Fsp3) is 0.591. The molecule has 4 unspecified atom stereocenters. The van der Waals surface area contributed by atoms with Crippen LogP contribution < -0.4 is 0 Å². The maximum absolute atomic E-state index is 7.68. The van der Waals surface area contributed by atoms with Crippen molar-refractivity contribution in [3.05, 3.63) is 46.6 Å². The molecule has 0 fully saturated rings. The summed E-state index contributed by atoms with van der Waals surface area (Å²) in [6.45, 7) is 6.87. The van der Waals surface area contributed by atoms with Crippen LogP contribution in [0.2, 0.25) is 7.25 Å². The van der Waals surface area contributed by atoms with Crippen LogP contribution in [0.5, 0.6) is 0 Å². The molecule has 3 heteroatoms. The first-order chi connectivity index (χ1) is 11.9. The maximum atomic E-state index is 7.68. The van der Waals surface area contributed by atoms with Gasteiger partial charge in [-0.15, -0.1) is 0 Å². The van der Waals surface area contributed by atoms with Crippen molar-refractivity contribution in [2.75, 3.05) is 0 Å². The molecule has 0 saturated carbocycles. The minimum atomic E-state index is -4.19. The van der Waals surface area contributed by atoms with Crippen LogP contribution in [0.1, 0.15) is 59.3 Å². The van der Waals surface area contributed by atoms with Crippen LogP contribution in [0.4, 0.5) is 0 Å². The molecule has 4 atom stereocenters. The Hall–Kier alpha value is 0.293. The molecule has 0 amide bonds. The van der Waals surface area contributed by atoms with Gasteiger partial charge in [0.1, 0.15) is 0 Å². The summed E-state index contributed by atoms with van der Waals surface area (Å²) in [5, 5.41) is 0. The van der Waals surface area contributed by atoms with E-state index in [1.54, 1.807) is 22.3 Å². The summed E-state index contributed by atoms with van der Waals surface area (Å²) in [6, 6.07) is 0. The van der Waals surface area contributed by atoms with E-state index < -0.39 is 15.9 Å². The number of halogens is 2. The van der Waals surface area contributed by atoms with Crippen LogP contribution in [0.15, 0.2) is 46.6 Å². The van der Waals surface area contributed by atoms with Crippen LogP contribution in [0.25, 0.3) is 0 Å². The second-order valence-corrected chi connectivity index (χ2v) is 30.4. The van der Waals surface area contributed by atoms with Crippen LogP contribution >= 0.6 is 17.0 Å². The first-order valence-electron chi connectivity index (χ1n) is 10.1. The molecule has 136 valence electrons. The molecule has 4 aliphatic rings. The Kier molecular flexibility index (Phi) is 4.79. The number of rotatable bonds is 2.